The topological polar surface area (TPSA) is 116 Å². The van der Waals surface area contributed by atoms with E-state index in [2.05, 4.69) is 0 Å². The molecule has 0 aliphatic carbocycles. The van der Waals surface area contributed by atoms with Crippen LogP contribution in [0, 0.1) is 0 Å². The van der Waals surface area contributed by atoms with E-state index in [1.165, 1.54) is 18.2 Å². The van der Waals surface area contributed by atoms with Gasteiger partial charge in [-0.15, -0.1) is 0 Å². The molecule has 0 fully saturated rings. The van der Waals surface area contributed by atoms with Crippen molar-refractivity contribution >= 4 is 32.6 Å². The Labute approximate surface area is 108 Å². The second-order valence-electron chi connectivity index (χ2n) is 4.21. The Morgan fingerprint density at radius 1 is 1.26 bits per heavy atom. The van der Waals surface area contributed by atoms with Gasteiger partial charge in [0.25, 0.3) is 0 Å². The van der Waals surface area contributed by atoms with Crippen LogP contribution in [0.1, 0.15) is 5.76 Å². The van der Waals surface area contributed by atoms with Gasteiger partial charge < -0.3 is 15.9 Å². The molecule has 1 aliphatic rings. The third-order valence-corrected chi connectivity index (χ3v) is 4.84. The smallest absolute Gasteiger partial charge is 0.214 e. The number of sulfone groups is 1. The van der Waals surface area contributed by atoms with Gasteiger partial charge in [-0.3, -0.25) is 4.79 Å². The maximum absolute atomic E-state index is 12.3. The van der Waals surface area contributed by atoms with Crippen LogP contribution in [0.4, 0.5) is 5.69 Å². The van der Waals surface area contributed by atoms with Gasteiger partial charge in [0.05, 0.1) is 5.39 Å². The van der Waals surface area contributed by atoms with Gasteiger partial charge in [0.2, 0.25) is 15.3 Å². The van der Waals surface area contributed by atoms with Crippen molar-refractivity contribution in [1.82, 2.24) is 0 Å². The maximum atomic E-state index is 12.3. The number of hydrogen-bond acceptors (Lipinski definition) is 6. The van der Waals surface area contributed by atoms with E-state index < -0.39 is 25.5 Å². The molecule has 2 aromatic rings. The molecule has 19 heavy (non-hydrogen) atoms. The minimum absolute atomic E-state index is 0.00944. The van der Waals surface area contributed by atoms with Crippen molar-refractivity contribution in [3.63, 3.8) is 0 Å². The molecule has 1 aliphatic heterocycles. The summed E-state index contributed by atoms with van der Waals surface area (Å²) in [5, 5.41) is -1.18. The molecule has 0 saturated heterocycles. The fraction of sp³-hybridized carbons (Fsp3) is 0.0833. The molecule has 0 bridgehead atoms. The lowest BCUT2D eigenvalue weighted by atomic mass is 10.2. The van der Waals surface area contributed by atoms with Crippen LogP contribution in [0.2, 0.25) is 0 Å². The van der Waals surface area contributed by atoms with Gasteiger partial charge in [0.1, 0.15) is 16.7 Å². The average molecular weight is 278 g/mol. The summed E-state index contributed by atoms with van der Waals surface area (Å²) in [5.74, 6) is -0.00944. The van der Waals surface area contributed by atoms with Crippen LogP contribution in [-0.4, -0.2) is 13.8 Å². The Morgan fingerprint density at radius 2 is 2.00 bits per heavy atom. The summed E-state index contributed by atoms with van der Waals surface area (Å²) in [7, 11) is -3.93. The monoisotopic (exact) mass is 278 g/mol. The molecule has 0 amide bonds. The fourth-order valence-electron chi connectivity index (χ4n) is 2.07. The van der Waals surface area contributed by atoms with Gasteiger partial charge in [-0.2, -0.15) is 0 Å². The Kier molecular flexibility index (Phi) is 2.32. The van der Waals surface area contributed by atoms with Gasteiger partial charge in [-0.05, 0) is 24.3 Å². The Balaban J connectivity index is 2.58. The Hall–Kier alpha value is -2.12. The van der Waals surface area contributed by atoms with Crippen LogP contribution in [0.15, 0.2) is 38.4 Å². The summed E-state index contributed by atoms with van der Waals surface area (Å²) in [5.41, 5.74) is 11.0. The lowest BCUT2D eigenvalue weighted by molar-refractivity contribution is 0.551. The second-order valence-corrected chi connectivity index (χ2v) is 6.26. The minimum atomic E-state index is -3.93. The van der Waals surface area contributed by atoms with Crippen molar-refractivity contribution < 1.29 is 12.8 Å². The first-order valence-electron chi connectivity index (χ1n) is 5.46. The summed E-state index contributed by atoms with van der Waals surface area (Å²) in [6.07, 6.45) is 2.67. The molecular formula is C12H10N2O4S. The van der Waals surface area contributed by atoms with Gasteiger partial charge in [0, 0.05) is 5.69 Å². The van der Waals surface area contributed by atoms with Crippen molar-refractivity contribution in [1.29, 1.82) is 0 Å². The zero-order valence-corrected chi connectivity index (χ0v) is 10.5. The molecule has 1 unspecified atom stereocenters. The van der Waals surface area contributed by atoms with Gasteiger partial charge >= 0.3 is 0 Å². The molecule has 1 aromatic carbocycles. The molecule has 0 spiro atoms. The summed E-state index contributed by atoms with van der Waals surface area (Å²) in [6, 6.07) is 4.69. The quantitative estimate of drug-likeness (QED) is 0.676. The van der Waals surface area contributed by atoms with Crippen LogP contribution in [-0.2, 0) is 9.84 Å². The number of benzene rings is 1. The van der Waals surface area contributed by atoms with Gasteiger partial charge in [0.15, 0.2) is 4.90 Å². The number of anilines is 1. The van der Waals surface area contributed by atoms with E-state index >= 15 is 0 Å². The molecule has 6 nitrogen and oxygen atoms in total. The van der Waals surface area contributed by atoms with Gasteiger partial charge in [-0.25, -0.2) is 8.42 Å². The first-order chi connectivity index (χ1) is 8.93. The number of rotatable bonds is 0. The summed E-state index contributed by atoms with van der Waals surface area (Å²) in [6.45, 7) is 0. The number of nitrogen functional groups attached to an aromatic ring is 1. The van der Waals surface area contributed by atoms with E-state index in [4.69, 9.17) is 15.9 Å². The van der Waals surface area contributed by atoms with Crippen LogP contribution < -0.4 is 16.9 Å². The third kappa shape index (κ3) is 1.52. The second kappa shape index (κ2) is 3.69. The van der Waals surface area contributed by atoms with Crippen molar-refractivity contribution in [2.45, 2.75) is 10.3 Å². The Bertz CT molecular complexity index is 880. The molecule has 1 atom stereocenters. The van der Waals surface area contributed by atoms with E-state index in [1.807, 2.05) is 0 Å². The lowest BCUT2D eigenvalue weighted by Crippen LogP contribution is -2.34. The molecule has 0 radical (unpaired) electrons. The number of hydrogen-bond donors (Lipinski definition) is 2. The van der Waals surface area contributed by atoms with Crippen LogP contribution in [0.3, 0.4) is 0 Å². The zero-order valence-electron chi connectivity index (χ0n) is 9.66. The first-order valence-corrected chi connectivity index (χ1v) is 7.00. The van der Waals surface area contributed by atoms with Crippen molar-refractivity contribution in [3.05, 3.63) is 40.3 Å². The predicted octanol–water partition coefficient (Wildman–Crippen LogP) is 0.461. The molecule has 1 aromatic heterocycles. The van der Waals surface area contributed by atoms with Gasteiger partial charge in [-0.1, -0.05) is 6.07 Å². The first kappa shape index (κ1) is 11.9. The van der Waals surface area contributed by atoms with E-state index in [-0.39, 0.29) is 22.4 Å². The molecule has 4 N–H and O–H groups in total. The van der Waals surface area contributed by atoms with Crippen molar-refractivity contribution in [2.24, 2.45) is 5.73 Å². The van der Waals surface area contributed by atoms with Crippen molar-refractivity contribution in [3.8, 4) is 0 Å². The van der Waals surface area contributed by atoms with Crippen LogP contribution in [0.25, 0.3) is 17.0 Å². The molecule has 98 valence electrons. The summed E-state index contributed by atoms with van der Waals surface area (Å²) in [4.78, 5) is 11.9. The molecule has 3 rings (SSSR count). The predicted molar refractivity (Wildman–Crippen MR) is 71.1 cm³/mol. The summed E-state index contributed by atoms with van der Waals surface area (Å²) >= 11 is 0. The highest BCUT2D eigenvalue weighted by Gasteiger charge is 2.33. The molecule has 0 saturated carbocycles. The standard InChI is InChI=1S/C12H10N2O4S/c13-6-2-1-3-7-10(6)11(15)12-8(18-7)4-5-9(14)19(12,16)17/h1-5,9H,13-14H2. The van der Waals surface area contributed by atoms with E-state index in [9.17, 15) is 13.2 Å². The van der Waals surface area contributed by atoms with E-state index in [0.29, 0.717) is 0 Å². The third-order valence-electron chi connectivity index (χ3n) is 3.02. The average Bonchev–Trinajstić information content (AvgIpc) is 2.33. The maximum Gasteiger partial charge on any atom is 0.214 e. The molecular weight excluding hydrogens is 268 g/mol. The number of fused-ring (bicyclic) bond motifs is 2. The van der Waals surface area contributed by atoms with Crippen LogP contribution in [0.5, 0.6) is 0 Å². The normalized spacial score (nSPS) is 20.4. The highest BCUT2D eigenvalue weighted by atomic mass is 32.2. The zero-order chi connectivity index (χ0) is 13.8. The van der Waals surface area contributed by atoms with E-state index in [1.54, 1.807) is 12.1 Å². The van der Waals surface area contributed by atoms with E-state index in [0.717, 1.165) is 0 Å². The SMILES string of the molecule is Nc1cccc2oc3c(c(=O)c12)S(=O)(=O)C(N)C=C3. The number of nitrogens with two attached hydrogens (primary N) is 2. The fourth-order valence-corrected chi connectivity index (χ4v) is 3.38. The Morgan fingerprint density at radius 3 is 2.74 bits per heavy atom. The van der Waals surface area contributed by atoms with Crippen molar-refractivity contribution in [2.75, 3.05) is 5.73 Å². The minimum Gasteiger partial charge on any atom is -0.455 e. The highest BCUT2D eigenvalue weighted by Crippen LogP contribution is 2.28. The largest absolute Gasteiger partial charge is 0.455 e. The summed E-state index contributed by atoms with van der Waals surface area (Å²) < 4.78 is 29.6. The lowest BCUT2D eigenvalue weighted by Gasteiger charge is -2.15. The van der Waals surface area contributed by atoms with Crippen LogP contribution >= 0.6 is 0 Å². The molecule has 2 heterocycles. The highest BCUT2D eigenvalue weighted by molar-refractivity contribution is 7.92. The molecule has 7 heteroatoms.